The van der Waals surface area contributed by atoms with Crippen molar-refractivity contribution in [1.82, 2.24) is 15.2 Å². The summed E-state index contributed by atoms with van der Waals surface area (Å²) in [5.74, 6) is 1.33. The van der Waals surface area contributed by atoms with Gasteiger partial charge in [0.1, 0.15) is 5.76 Å². The number of thioether (sulfide) groups is 1. The summed E-state index contributed by atoms with van der Waals surface area (Å²) >= 11 is 1.37. The number of nitro groups is 1. The lowest BCUT2D eigenvalue weighted by atomic mass is 10.1. The second-order valence-corrected chi connectivity index (χ2v) is 7.42. The van der Waals surface area contributed by atoms with Crippen LogP contribution in [0.15, 0.2) is 70.2 Å². The molecule has 9 nitrogen and oxygen atoms in total. The molecule has 154 valence electrons. The third-order valence-corrected chi connectivity index (χ3v) is 5.28. The molecule has 1 N–H and O–H groups in total. The van der Waals surface area contributed by atoms with Crippen LogP contribution in [0.5, 0.6) is 5.88 Å². The molecule has 3 heterocycles. The van der Waals surface area contributed by atoms with Gasteiger partial charge in [0.25, 0.3) is 5.69 Å². The first kappa shape index (κ1) is 19.1. The predicted molar refractivity (Wildman–Crippen MR) is 115 cm³/mol. The van der Waals surface area contributed by atoms with Crippen molar-refractivity contribution < 1.29 is 14.1 Å². The lowest BCUT2D eigenvalue weighted by molar-refractivity contribution is -0.384. The molecule has 4 aromatic rings. The molecule has 1 aliphatic heterocycles. The summed E-state index contributed by atoms with van der Waals surface area (Å²) < 4.78 is 12.1. The Kier molecular flexibility index (Phi) is 4.75. The van der Waals surface area contributed by atoms with Crippen LogP contribution in [0.25, 0.3) is 22.6 Å². The number of aromatic nitrogens is 3. The molecule has 0 bridgehead atoms. The van der Waals surface area contributed by atoms with Crippen LogP contribution in [0, 0.1) is 10.1 Å². The Balaban J connectivity index is 1.54. The highest BCUT2D eigenvalue weighted by molar-refractivity contribution is 7.98. The van der Waals surface area contributed by atoms with Gasteiger partial charge in [-0.05, 0) is 24.5 Å². The van der Waals surface area contributed by atoms with Gasteiger partial charge in [-0.15, -0.1) is 10.2 Å². The fourth-order valence-corrected chi connectivity index (χ4v) is 3.58. The van der Waals surface area contributed by atoms with Crippen molar-refractivity contribution in [2.45, 2.75) is 11.4 Å². The van der Waals surface area contributed by atoms with Gasteiger partial charge in [-0.2, -0.15) is 4.98 Å². The maximum atomic E-state index is 11.1. The van der Waals surface area contributed by atoms with Crippen molar-refractivity contribution >= 4 is 23.1 Å². The minimum absolute atomic E-state index is 0.00508. The number of furan rings is 1. The number of nitrogens with zero attached hydrogens (tertiary/aromatic N) is 4. The average molecular weight is 433 g/mol. The van der Waals surface area contributed by atoms with Crippen LogP contribution >= 0.6 is 11.8 Å². The minimum Gasteiger partial charge on any atom is -0.455 e. The van der Waals surface area contributed by atoms with E-state index in [0.29, 0.717) is 33.8 Å². The topological polar surface area (TPSA) is 116 Å². The number of ether oxygens (including phenoxy) is 1. The van der Waals surface area contributed by atoms with Crippen LogP contribution < -0.4 is 10.1 Å². The number of nitrogens with one attached hydrogen (secondary N) is 1. The van der Waals surface area contributed by atoms with E-state index in [0.717, 1.165) is 11.3 Å². The highest BCUT2D eigenvalue weighted by atomic mass is 32.2. The molecule has 0 fully saturated rings. The first-order valence-electron chi connectivity index (χ1n) is 9.28. The monoisotopic (exact) mass is 433 g/mol. The van der Waals surface area contributed by atoms with E-state index >= 15 is 0 Å². The predicted octanol–water partition coefficient (Wildman–Crippen LogP) is 4.93. The number of anilines is 1. The van der Waals surface area contributed by atoms with Gasteiger partial charge in [-0.25, -0.2) is 0 Å². The van der Waals surface area contributed by atoms with Gasteiger partial charge in [-0.3, -0.25) is 10.1 Å². The number of para-hydroxylation sites is 1. The molecule has 1 unspecified atom stereocenters. The summed E-state index contributed by atoms with van der Waals surface area (Å²) in [6, 6.07) is 17.4. The minimum atomic E-state index is -0.679. The van der Waals surface area contributed by atoms with E-state index in [1.807, 2.05) is 30.5 Å². The van der Waals surface area contributed by atoms with E-state index in [4.69, 9.17) is 9.15 Å². The Morgan fingerprint density at radius 2 is 1.97 bits per heavy atom. The molecule has 5 rings (SSSR count). The van der Waals surface area contributed by atoms with Gasteiger partial charge in [-0.1, -0.05) is 42.1 Å². The maximum Gasteiger partial charge on any atom is 0.270 e. The van der Waals surface area contributed by atoms with Crippen molar-refractivity contribution in [3.63, 3.8) is 0 Å². The third kappa shape index (κ3) is 3.57. The van der Waals surface area contributed by atoms with Crippen LogP contribution in [-0.2, 0) is 0 Å². The average Bonchev–Trinajstić information content (AvgIpc) is 3.23. The largest absolute Gasteiger partial charge is 0.455 e. The molecule has 10 heteroatoms. The zero-order valence-electron chi connectivity index (χ0n) is 16.2. The third-order valence-electron chi connectivity index (χ3n) is 4.74. The van der Waals surface area contributed by atoms with Crippen LogP contribution in [0.4, 0.5) is 11.4 Å². The molecule has 0 radical (unpaired) electrons. The normalized spacial score (nSPS) is 14.5. The molecular weight excluding hydrogens is 418 g/mol. The van der Waals surface area contributed by atoms with Crippen molar-refractivity contribution in [2.75, 3.05) is 11.6 Å². The molecule has 0 aliphatic carbocycles. The van der Waals surface area contributed by atoms with Crippen LogP contribution in [-0.4, -0.2) is 26.4 Å². The van der Waals surface area contributed by atoms with E-state index in [-0.39, 0.29) is 5.69 Å². The molecule has 0 spiro atoms. The molecule has 2 aromatic carbocycles. The molecule has 0 saturated carbocycles. The van der Waals surface area contributed by atoms with Crippen LogP contribution in [0.3, 0.4) is 0 Å². The maximum absolute atomic E-state index is 11.1. The molecule has 0 amide bonds. The summed E-state index contributed by atoms with van der Waals surface area (Å²) in [6.07, 6.45) is 1.18. The highest BCUT2D eigenvalue weighted by Gasteiger charge is 2.28. The molecular formula is C21H15N5O4S. The van der Waals surface area contributed by atoms with Gasteiger partial charge in [0, 0.05) is 28.9 Å². The van der Waals surface area contributed by atoms with E-state index in [1.165, 1.54) is 23.9 Å². The van der Waals surface area contributed by atoms with Gasteiger partial charge < -0.3 is 14.5 Å². The van der Waals surface area contributed by atoms with Gasteiger partial charge in [0.05, 0.1) is 4.92 Å². The van der Waals surface area contributed by atoms with E-state index in [2.05, 4.69) is 20.5 Å². The van der Waals surface area contributed by atoms with E-state index < -0.39 is 11.2 Å². The number of hydrogen-bond donors (Lipinski definition) is 1. The van der Waals surface area contributed by atoms with Crippen molar-refractivity contribution in [2.24, 2.45) is 0 Å². The Bertz CT molecular complexity index is 1290. The Morgan fingerprint density at radius 3 is 2.81 bits per heavy atom. The standard InChI is InChI=1S/C21H15N5O4S/c1-31-21-23-20-18(24-25-21)14-7-2-3-8-15(14)22-19(30-20)17-10-9-16(29-17)12-5-4-6-13(11-12)26(27)28/h2-11,19,22H,1H3. The number of hydrogen-bond acceptors (Lipinski definition) is 9. The summed E-state index contributed by atoms with van der Waals surface area (Å²) in [5, 5.41) is 23.3. The zero-order chi connectivity index (χ0) is 21.4. The lowest BCUT2D eigenvalue weighted by Gasteiger charge is -2.16. The number of non-ortho nitro benzene ring substituents is 1. The summed E-state index contributed by atoms with van der Waals surface area (Å²) in [6.45, 7) is 0. The first-order valence-corrected chi connectivity index (χ1v) is 10.5. The smallest absolute Gasteiger partial charge is 0.270 e. The molecule has 1 atom stereocenters. The van der Waals surface area contributed by atoms with E-state index in [9.17, 15) is 10.1 Å². The van der Waals surface area contributed by atoms with Crippen molar-refractivity contribution in [3.8, 4) is 28.5 Å². The zero-order valence-corrected chi connectivity index (χ0v) is 17.0. The summed E-state index contributed by atoms with van der Waals surface area (Å²) in [7, 11) is 0. The first-order chi connectivity index (χ1) is 15.1. The Labute approximate surface area is 180 Å². The van der Waals surface area contributed by atoms with Gasteiger partial charge in [0.15, 0.2) is 11.5 Å². The van der Waals surface area contributed by atoms with Crippen LogP contribution in [0.2, 0.25) is 0 Å². The van der Waals surface area contributed by atoms with Crippen molar-refractivity contribution in [3.05, 3.63) is 76.5 Å². The number of benzene rings is 2. The molecule has 2 aromatic heterocycles. The van der Waals surface area contributed by atoms with Gasteiger partial charge >= 0.3 is 0 Å². The fourth-order valence-electron chi connectivity index (χ4n) is 3.28. The summed E-state index contributed by atoms with van der Waals surface area (Å²) in [5.41, 5.74) is 2.75. The quantitative estimate of drug-likeness (QED) is 0.271. The number of fused-ring (bicyclic) bond motifs is 3. The SMILES string of the molecule is CSc1nnc2c(n1)OC(c1ccc(-c3cccc([N+](=O)[O-])c3)o1)Nc1ccccc1-2. The van der Waals surface area contributed by atoms with Gasteiger partial charge in [0.2, 0.25) is 17.3 Å². The lowest BCUT2D eigenvalue weighted by Crippen LogP contribution is -2.16. The molecule has 1 aliphatic rings. The summed E-state index contributed by atoms with van der Waals surface area (Å²) in [4.78, 5) is 15.1. The fraction of sp³-hybridized carbons (Fsp3) is 0.0952. The second-order valence-electron chi connectivity index (χ2n) is 6.65. The number of rotatable bonds is 4. The van der Waals surface area contributed by atoms with Crippen molar-refractivity contribution in [1.29, 1.82) is 0 Å². The van der Waals surface area contributed by atoms with E-state index in [1.54, 1.807) is 24.3 Å². The molecule has 31 heavy (non-hydrogen) atoms. The molecule has 0 saturated heterocycles. The Hall–Kier alpha value is -3.92. The Morgan fingerprint density at radius 1 is 1.10 bits per heavy atom. The second kappa shape index (κ2) is 7.73. The highest BCUT2D eigenvalue weighted by Crippen LogP contribution is 2.40. The van der Waals surface area contributed by atoms with Crippen LogP contribution in [0.1, 0.15) is 12.0 Å². The number of nitro benzene ring substituents is 1.